The van der Waals surface area contributed by atoms with Gasteiger partial charge in [-0.2, -0.15) is 0 Å². The average molecular weight is 288 g/mol. The lowest BCUT2D eigenvalue weighted by molar-refractivity contribution is 0.175. The smallest absolute Gasteiger partial charge is 0.229 e. The van der Waals surface area contributed by atoms with Crippen molar-refractivity contribution >= 4 is 15.7 Å². The van der Waals surface area contributed by atoms with E-state index in [1.165, 1.54) is 12.1 Å². The molecule has 1 aromatic rings. The van der Waals surface area contributed by atoms with E-state index >= 15 is 0 Å². The lowest BCUT2D eigenvalue weighted by Gasteiger charge is -2.14. The van der Waals surface area contributed by atoms with Crippen molar-refractivity contribution in [3.8, 4) is 5.75 Å². The van der Waals surface area contributed by atoms with E-state index < -0.39 is 16.1 Å². The van der Waals surface area contributed by atoms with Gasteiger partial charge in [0.1, 0.15) is 5.75 Å². The third-order valence-electron chi connectivity index (χ3n) is 2.47. The Labute approximate surface area is 113 Å². The van der Waals surface area contributed by atoms with Gasteiger partial charge in [-0.3, -0.25) is 4.72 Å². The molecule has 0 aliphatic heterocycles. The van der Waals surface area contributed by atoms with Crippen LogP contribution in [0.4, 0.5) is 5.69 Å². The van der Waals surface area contributed by atoms with Gasteiger partial charge in [0.15, 0.2) is 0 Å². The predicted octanol–water partition coefficient (Wildman–Crippen LogP) is 0.797. The average Bonchev–Trinajstić information content (AvgIpc) is 2.30. The molecule has 0 aliphatic carbocycles. The van der Waals surface area contributed by atoms with Gasteiger partial charge in [0.05, 0.1) is 18.0 Å². The van der Waals surface area contributed by atoms with Crippen LogP contribution >= 0.6 is 0 Å². The largest absolute Gasteiger partial charge is 0.506 e. The number of rotatable bonds is 7. The minimum atomic E-state index is -3.47. The van der Waals surface area contributed by atoms with Gasteiger partial charge < -0.3 is 15.5 Å². The second-order valence-corrected chi connectivity index (χ2v) is 6.12. The number of sulfonamides is 1. The first kappa shape index (κ1) is 15.7. The van der Waals surface area contributed by atoms with Gasteiger partial charge in [0.2, 0.25) is 10.0 Å². The van der Waals surface area contributed by atoms with Crippen molar-refractivity contribution in [2.75, 3.05) is 24.1 Å². The van der Waals surface area contributed by atoms with Gasteiger partial charge >= 0.3 is 0 Å². The number of nitrogens with one attached hydrogen (secondary N) is 2. The first-order valence-corrected chi connectivity index (χ1v) is 7.92. The Morgan fingerprint density at radius 2 is 2.05 bits per heavy atom. The highest BCUT2D eigenvalue weighted by Gasteiger charge is 2.12. The first-order valence-electron chi connectivity index (χ1n) is 6.03. The van der Waals surface area contributed by atoms with Gasteiger partial charge in [0, 0.05) is 6.54 Å². The lowest BCUT2D eigenvalue weighted by atomic mass is 10.1. The summed E-state index contributed by atoms with van der Waals surface area (Å²) in [6, 6.07) is 4.33. The Morgan fingerprint density at radius 1 is 1.37 bits per heavy atom. The van der Waals surface area contributed by atoms with E-state index in [0.29, 0.717) is 12.1 Å². The van der Waals surface area contributed by atoms with Crippen LogP contribution in [0.1, 0.15) is 25.0 Å². The summed E-state index contributed by atoms with van der Waals surface area (Å²) >= 11 is 0. The van der Waals surface area contributed by atoms with Crippen molar-refractivity contribution in [3.05, 3.63) is 23.8 Å². The number of hydrogen-bond acceptors (Lipinski definition) is 5. The lowest BCUT2D eigenvalue weighted by Crippen LogP contribution is -2.22. The van der Waals surface area contributed by atoms with Gasteiger partial charge in [-0.1, -0.05) is 13.0 Å². The Kier molecular flexibility index (Phi) is 5.59. The molecule has 0 saturated carbocycles. The number of anilines is 1. The molecule has 1 rings (SSSR count). The fourth-order valence-corrected chi connectivity index (χ4v) is 2.14. The quantitative estimate of drug-likeness (QED) is 0.439. The Bertz CT molecular complexity index is 516. The second kappa shape index (κ2) is 6.74. The molecule has 4 N–H and O–H groups in total. The fourth-order valence-electron chi connectivity index (χ4n) is 1.58. The molecule has 7 heteroatoms. The van der Waals surface area contributed by atoms with Crippen LogP contribution in [0, 0.1) is 0 Å². The van der Waals surface area contributed by atoms with Crippen molar-refractivity contribution in [3.63, 3.8) is 0 Å². The number of phenolic OH excluding ortho intramolecular Hbond substituents is 1. The van der Waals surface area contributed by atoms with Crippen LogP contribution in [-0.4, -0.2) is 38.0 Å². The van der Waals surface area contributed by atoms with E-state index in [1.807, 2.05) is 6.92 Å². The van der Waals surface area contributed by atoms with E-state index in [9.17, 15) is 18.6 Å². The van der Waals surface area contributed by atoms with Crippen molar-refractivity contribution in [2.45, 2.75) is 19.4 Å². The zero-order valence-electron chi connectivity index (χ0n) is 11.0. The second-order valence-electron chi connectivity index (χ2n) is 4.37. The third-order valence-corrected chi connectivity index (χ3v) is 3.06. The number of aliphatic hydroxyl groups is 1. The zero-order valence-corrected chi connectivity index (χ0v) is 11.9. The number of aliphatic hydroxyl groups excluding tert-OH is 1. The maximum absolute atomic E-state index is 11.1. The molecule has 0 bridgehead atoms. The minimum absolute atomic E-state index is 0.0644. The summed E-state index contributed by atoms with van der Waals surface area (Å²) in [5.41, 5.74) is 0.599. The SMILES string of the molecule is CCCNCC(O)c1ccc(O)c(NS(C)(=O)=O)c1. The Morgan fingerprint density at radius 3 is 2.63 bits per heavy atom. The van der Waals surface area contributed by atoms with E-state index in [0.717, 1.165) is 19.2 Å². The summed E-state index contributed by atoms with van der Waals surface area (Å²) in [6.45, 7) is 3.19. The maximum atomic E-state index is 11.1. The maximum Gasteiger partial charge on any atom is 0.229 e. The van der Waals surface area contributed by atoms with Gasteiger partial charge in [-0.25, -0.2) is 8.42 Å². The molecule has 0 heterocycles. The van der Waals surface area contributed by atoms with Crippen LogP contribution in [0.15, 0.2) is 18.2 Å². The van der Waals surface area contributed by atoms with Gasteiger partial charge in [-0.15, -0.1) is 0 Å². The molecule has 1 atom stereocenters. The summed E-state index contributed by atoms with van der Waals surface area (Å²) in [4.78, 5) is 0. The van der Waals surface area contributed by atoms with E-state index in [2.05, 4.69) is 10.0 Å². The molecular formula is C12H20N2O4S. The van der Waals surface area contributed by atoms with Crippen LogP contribution in [0.3, 0.4) is 0 Å². The Hall–Kier alpha value is -1.31. The third kappa shape index (κ3) is 5.46. The van der Waals surface area contributed by atoms with Crippen LogP contribution in [0.2, 0.25) is 0 Å². The molecule has 0 aliphatic rings. The van der Waals surface area contributed by atoms with Crippen LogP contribution < -0.4 is 10.0 Å². The van der Waals surface area contributed by atoms with Crippen molar-refractivity contribution < 1.29 is 18.6 Å². The highest BCUT2D eigenvalue weighted by molar-refractivity contribution is 7.92. The molecule has 6 nitrogen and oxygen atoms in total. The standard InChI is InChI=1S/C12H20N2O4S/c1-3-6-13-8-12(16)9-4-5-11(15)10(7-9)14-19(2,17)18/h4-5,7,12-16H,3,6,8H2,1-2H3. The first-order chi connectivity index (χ1) is 8.83. The highest BCUT2D eigenvalue weighted by Crippen LogP contribution is 2.27. The number of aromatic hydroxyl groups is 1. The van der Waals surface area contributed by atoms with E-state index in [1.54, 1.807) is 6.07 Å². The predicted molar refractivity (Wildman–Crippen MR) is 74.7 cm³/mol. The summed E-state index contributed by atoms with van der Waals surface area (Å²) in [5, 5.41) is 22.6. The summed E-state index contributed by atoms with van der Waals surface area (Å²) in [5.74, 6) is -0.178. The van der Waals surface area contributed by atoms with Crippen molar-refractivity contribution in [1.29, 1.82) is 0 Å². The van der Waals surface area contributed by atoms with E-state index in [4.69, 9.17) is 0 Å². The zero-order chi connectivity index (χ0) is 14.5. The molecule has 108 valence electrons. The topological polar surface area (TPSA) is 98.7 Å². The number of benzene rings is 1. The Balaban J connectivity index is 2.83. The van der Waals surface area contributed by atoms with Crippen molar-refractivity contribution in [1.82, 2.24) is 5.32 Å². The molecule has 0 radical (unpaired) electrons. The van der Waals surface area contributed by atoms with Gasteiger partial charge in [-0.05, 0) is 30.7 Å². The minimum Gasteiger partial charge on any atom is -0.506 e. The molecular weight excluding hydrogens is 268 g/mol. The fraction of sp³-hybridized carbons (Fsp3) is 0.500. The van der Waals surface area contributed by atoms with Crippen LogP contribution in [0.25, 0.3) is 0 Å². The summed E-state index contributed by atoms with van der Waals surface area (Å²) in [6.07, 6.45) is 1.20. The van der Waals surface area contributed by atoms with Gasteiger partial charge in [0.25, 0.3) is 0 Å². The molecule has 0 spiro atoms. The number of phenols is 1. The molecule has 1 aromatic carbocycles. The normalized spacial score (nSPS) is 13.2. The molecule has 0 amide bonds. The molecule has 0 fully saturated rings. The molecule has 19 heavy (non-hydrogen) atoms. The van der Waals surface area contributed by atoms with Crippen LogP contribution in [-0.2, 0) is 10.0 Å². The molecule has 0 saturated heterocycles. The van der Waals surface area contributed by atoms with Crippen molar-refractivity contribution in [2.24, 2.45) is 0 Å². The molecule has 0 aromatic heterocycles. The van der Waals surface area contributed by atoms with Crippen LogP contribution in [0.5, 0.6) is 5.75 Å². The number of hydrogen-bond donors (Lipinski definition) is 4. The monoisotopic (exact) mass is 288 g/mol. The molecule has 1 unspecified atom stereocenters. The highest BCUT2D eigenvalue weighted by atomic mass is 32.2. The summed E-state index contributed by atoms with van der Waals surface area (Å²) in [7, 11) is -3.47. The summed E-state index contributed by atoms with van der Waals surface area (Å²) < 4.78 is 24.5. The van der Waals surface area contributed by atoms with E-state index in [-0.39, 0.29) is 11.4 Å².